The summed E-state index contributed by atoms with van der Waals surface area (Å²) >= 11 is 0. The quantitative estimate of drug-likeness (QED) is 0.720. The minimum absolute atomic E-state index is 0.00692. The van der Waals surface area contributed by atoms with Crippen molar-refractivity contribution in [2.24, 2.45) is 0 Å². The maximum atomic E-state index is 12.4. The number of carbonyl (C=O) groups is 2. The molecule has 2 aliphatic rings. The van der Waals surface area contributed by atoms with Crippen molar-refractivity contribution in [1.29, 1.82) is 0 Å². The summed E-state index contributed by atoms with van der Waals surface area (Å²) in [6, 6.07) is -1.37. The van der Waals surface area contributed by atoms with Crippen LogP contribution in [0, 0.1) is 0 Å². The predicted octanol–water partition coefficient (Wildman–Crippen LogP) is -0.635. The van der Waals surface area contributed by atoms with Crippen molar-refractivity contribution in [3.63, 3.8) is 0 Å². The topological polar surface area (TPSA) is 99.5 Å². The molecule has 21 heavy (non-hydrogen) atoms. The van der Waals surface area contributed by atoms with Crippen LogP contribution in [-0.4, -0.2) is 90.2 Å². The molecule has 0 aromatic carbocycles. The van der Waals surface area contributed by atoms with Gasteiger partial charge in [-0.25, -0.2) is 9.59 Å². The molecular formula is C13H22N2O6. The smallest absolute Gasteiger partial charge is 0.328 e. The average Bonchev–Trinajstić information content (AvgIpc) is 2.46. The van der Waals surface area contributed by atoms with E-state index in [1.807, 2.05) is 0 Å². The van der Waals surface area contributed by atoms with E-state index in [1.54, 1.807) is 7.05 Å². The molecule has 2 fully saturated rings. The molecular weight excluding hydrogens is 280 g/mol. The Morgan fingerprint density at radius 3 is 2.57 bits per heavy atom. The van der Waals surface area contributed by atoms with E-state index in [0.29, 0.717) is 32.7 Å². The standard InChI is InChI=1S/C13H22N2O6/c1-14(9-13(19)2-5-20-6-3-13)12(18)15-4-7-21-8-10(15)11(16)17/h10,19H,2-9H2,1H3,(H,16,17). The molecule has 2 amide bonds. The van der Waals surface area contributed by atoms with Crippen LogP contribution >= 0.6 is 0 Å². The zero-order chi connectivity index (χ0) is 15.5. The fourth-order valence-electron chi connectivity index (χ4n) is 2.68. The van der Waals surface area contributed by atoms with Crippen LogP contribution in [0.15, 0.2) is 0 Å². The summed E-state index contributed by atoms with van der Waals surface area (Å²) in [7, 11) is 1.57. The number of urea groups is 1. The molecule has 0 radical (unpaired) electrons. The molecule has 0 aliphatic carbocycles. The largest absolute Gasteiger partial charge is 0.480 e. The van der Waals surface area contributed by atoms with E-state index in [4.69, 9.17) is 14.6 Å². The highest BCUT2D eigenvalue weighted by atomic mass is 16.5. The third kappa shape index (κ3) is 3.84. The van der Waals surface area contributed by atoms with Gasteiger partial charge in [-0.05, 0) is 0 Å². The van der Waals surface area contributed by atoms with Crippen molar-refractivity contribution >= 4 is 12.0 Å². The summed E-state index contributed by atoms with van der Waals surface area (Å²) in [5.41, 5.74) is -0.965. The molecule has 1 unspecified atom stereocenters. The normalized spacial score (nSPS) is 25.4. The number of amides is 2. The monoisotopic (exact) mass is 302 g/mol. The highest BCUT2D eigenvalue weighted by Crippen LogP contribution is 2.22. The fourth-order valence-corrected chi connectivity index (χ4v) is 2.68. The number of likely N-dealkylation sites (N-methyl/N-ethyl adjacent to an activating group) is 1. The van der Waals surface area contributed by atoms with Crippen molar-refractivity contribution in [3.8, 4) is 0 Å². The van der Waals surface area contributed by atoms with Gasteiger partial charge >= 0.3 is 12.0 Å². The summed E-state index contributed by atoms with van der Waals surface area (Å²) in [6.45, 7) is 1.65. The lowest BCUT2D eigenvalue weighted by Gasteiger charge is -2.39. The Kier molecular flexibility index (Phi) is 5.02. The molecule has 0 saturated carbocycles. The molecule has 2 heterocycles. The van der Waals surface area contributed by atoms with Gasteiger partial charge in [0.15, 0.2) is 6.04 Å². The third-order valence-electron chi connectivity index (χ3n) is 3.94. The summed E-state index contributed by atoms with van der Waals surface area (Å²) in [6.07, 6.45) is 0.937. The number of rotatable bonds is 3. The molecule has 2 aliphatic heterocycles. The number of carboxylic acids is 1. The maximum Gasteiger partial charge on any atom is 0.328 e. The van der Waals surface area contributed by atoms with Crippen molar-refractivity contribution in [1.82, 2.24) is 9.80 Å². The third-order valence-corrected chi connectivity index (χ3v) is 3.94. The van der Waals surface area contributed by atoms with Crippen LogP contribution in [-0.2, 0) is 14.3 Å². The molecule has 120 valence electrons. The van der Waals surface area contributed by atoms with Crippen molar-refractivity contribution < 1.29 is 29.3 Å². The van der Waals surface area contributed by atoms with Gasteiger partial charge in [0.1, 0.15) is 0 Å². The molecule has 8 nitrogen and oxygen atoms in total. The first-order valence-corrected chi connectivity index (χ1v) is 7.05. The molecule has 8 heteroatoms. The maximum absolute atomic E-state index is 12.4. The number of hydrogen-bond acceptors (Lipinski definition) is 5. The lowest BCUT2D eigenvalue weighted by molar-refractivity contribution is -0.147. The number of ether oxygens (including phenoxy) is 2. The van der Waals surface area contributed by atoms with Crippen molar-refractivity contribution in [2.45, 2.75) is 24.5 Å². The van der Waals surface area contributed by atoms with Gasteiger partial charge in [-0.2, -0.15) is 0 Å². The number of carbonyl (C=O) groups excluding carboxylic acids is 1. The SMILES string of the molecule is CN(CC1(O)CCOCC1)C(=O)N1CCOCC1C(=O)O. The molecule has 1 atom stereocenters. The fraction of sp³-hybridized carbons (Fsp3) is 0.846. The van der Waals surface area contributed by atoms with Gasteiger partial charge in [0.25, 0.3) is 0 Å². The Bertz CT molecular complexity index is 396. The van der Waals surface area contributed by atoms with Crippen LogP contribution in [0.3, 0.4) is 0 Å². The molecule has 2 N–H and O–H groups in total. The lowest BCUT2D eigenvalue weighted by Crippen LogP contribution is -2.58. The first-order chi connectivity index (χ1) is 9.93. The Labute approximate surface area is 123 Å². The van der Waals surface area contributed by atoms with E-state index < -0.39 is 23.6 Å². The van der Waals surface area contributed by atoms with Crippen molar-refractivity contribution in [3.05, 3.63) is 0 Å². The van der Waals surface area contributed by atoms with E-state index >= 15 is 0 Å². The Hall–Kier alpha value is -1.38. The molecule has 0 aromatic heterocycles. The Balaban J connectivity index is 1.98. The highest BCUT2D eigenvalue weighted by Gasteiger charge is 2.37. The highest BCUT2D eigenvalue weighted by molar-refractivity contribution is 5.83. The molecule has 0 spiro atoms. The summed E-state index contributed by atoms with van der Waals surface area (Å²) in [4.78, 5) is 26.3. The minimum Gasteiger partial charge on any atom is -0.480 e. The molecule has 2 rings (SSSR count). The average molecular weight is 302 g/mol. The molecule has 0 bridgehead atoms. The van der Waals surface area contributed by atoms with E-state index in [9.17, 15) is 14.7 Å². The van der Waals surface area contributed by atoms with Gasteiger partial charge in [-0.3, -0.25) is 0 Å². The first-order valence-electron chi connectivity index (χ1n) is 7.05. The van der Waals surface area contributed by atoms with Crippen LogP contribution in [0.4, 0.5) is 4.79 Å². The zero-order valence-corrected chi connectivity index (χ0v) is 12.2. The number of aliphatic carboxylic acids is 1. The number of nitrogens with zero attached hydrogens (tertiary/aromatic N) is 2. The molecule has 2 saturated heterocycles. The number of hydrogen-bond donors (Lipinski definition) is 2. The second-order valence-electron chi connectivity index (χ2n) is 5.60. The number of carboxylic acid groups (broad SMARTS) is 1. The second-order valence-corrected chi connectivity index (χ2v) is 5.60. The van der Waals surface area contributed by atoms with Gasteiger partial charge in [0, 0.05) is 39.6 Å². The second kappa shape index (κ2) is 6.59. The first kappa shape index (κ1) is 16.0. The van der Waals surface area contributed by atoms with Crippen LogP contribution in [0.2, 0.25) is 0 Å². The van der Waals surface area contributed by atoms with E-state index in [2.05, 4.69) is 0 Å². The summed E-state index contributed by atoms with van der Waals surface area (Å²) in [5, 5.41) is 19.6. The van der Waals surface area contributed by atoms with Crippen LogP contribution in [0.25, 0.3) is 0 Å². The summed E-state index contributed by atoms with van der Waals surface area (Å²) in [5.74, 6) is -1.08. The number of morpholine rings is 1. The van der Waals surface area contributed by atoms with E-state index in [-0.39, 0.29) is 19.7 Å². The Morgan fingerprint density at radius 1 is 1.29 bits per heavy atom. The van der Waals surface area contributed by atoms with Crippen LogP contribution < -0.4 is 0 Å². The predicted molar refractivity (Wildman–Crippen MR) is 72.0 cm³/mol. The van der Waals surface area contributed by atoms with Crippen LogP contribution in [0.1, 0.15) is 12.8 Å². The Morgan fingerprint density at radius 2 is 1.95 bits per heavy atom. The summed E-state index contributed by atoms with van der Waals surface area (Å²) < 4.78 is 10.3. The van der Waals surface area contributed by atoms with Gasteiger partial charge in [0.05, 0.1) is 25.4 Å². The molecule has 0 aromatic rings. The van der Waals surface area contributed by atoms with Gasteiger partial charge in [-0.15, -0.1) is 0 Å². The van der Waals surface area contributed by atoms with E-state index in [1.165, 1.54) is 9.80 Å². The lowest BCUT2D eigenvalue weighted by atomic mass is 9.94. The van der Waals surface area contributed by atoms with Gasteiger partial charge < -0.3 is 29.5 Å². The van der Waals surface area contributed by atoms with E-state index in [0.717, 1.165) is 0 Å². The van der Waals surface area contributed by atoms with Gasteiger partial charge in [-0.1, -0.05) is 0 Å². The van der Waals surface area contributed by atoms with Gasteiger partial charge in [0.2, 0.25) is 0 Å². The minimum atomic E-state index is -1.08. The number of aliphatic hydroxyl groups is 1. The zero-order valence-electron chi connectivity index (χ0n) is 12.2. The van der Waals surface area contributed by atoms with Crippen molar-refractivity contribution in [2.75, 3.05) is 46.6 Å². The van der Waals surface area contributed by atoms with Crippen LogP contribution in [0.5, 0.6) is 0 Å².